The van der Waals surface area contributed by atoms with Crippen LogP contribution in [0.25, 0.3) is 11.4 Å². The monoisotopic (exact) mass is 396 g/mol. The molecule has 0 aliphatic rings. The van der Waals surface area contributed by atoms with Crippen molar-refractivity contribution in [3.05, 3.63) is 59.7 Å². The van der Waals surface area contributed by atoms with E-state index in [0.29, 0.717) is 17.5 Å². The number of nitrogens with one attached hydrogen (secondary N) is 2. The van der Waals surface area contributed by atoms with Crippen molar-refractivity contribution < 1.29 is 9.53 Å². The van der Waals surface area contributed by atoms with Gasteiger partial charge in [-0.1, -0.05) is 61.2 Å². The molecular weight excluding hydrogens is 372 g/mol. The van der Waals surface area contributed by atoms with Gasteiger partial charge >= 0.3 is 0 Å². The largest absolute Gasteiger partial charge is 0.496 e. The van der Waals surface area contributed by atoms with Gasteiger partial charge in [0.2, 0.25) is 11.1 Å². The van der Waals surface area contributed by atoms with Crippen molar-refractivity contribution in [2.24, 2.45) is 0 Å². The van der Waals surface area contributed by atoms with E-state index < -0.39 is 0 Å². The molecule has 6 nitrogen and oxygen atoms in total. The second-order valence-corrected chi connectivity index (χ2v) is 7.16. The number of nitrogens with zero attached hydrogens (tertiary/aromatic N) is 2. The minimum atomic E-state index is -0.0430. The Balaban J connectivity index is 1.45. The maximum atomic E-state index is 12.1. The molecule has 0 spiro atoms. The summed E-state index contributed by atoms with van der Waals surface area (Å²) in [5.41, 5.74) is 3.34. The van der Waals surface area contributed by atoms with Crippen LogP contribution in [0.3, 0.4) is 0 Å². The van der Waals surface area contributed by atoms with Crippen LogP contribution in [0.2, 0.25) is 0 Å². The number of carbonyl (C=O) groups is 1. The van der Waals surface area contributed by atoms with Crippen molar-refractivity contribution >= 4 is 17.7 Å². The number of ether oxygens (including phenoxy) is 1. The van der Waals surface area contributed by atoms with E-state index in [1.54, 1.807) is 7.11 Å². The van der Waals surface area contributed by atoms with Gasteiger partial charge in [-0.25, -0.2) is 4.98 Å². The van der Waals surface area contributed by atoms with Gasteiger partial charge in [-0.15, -0.1) is 5.10 Å². The number of carbonyl (C=O) groups excluding carboxylic acids is 1. The van der Waals surface area contributed by atoms with E-state index in [2.05, 4.69) is 39.6 Å². The highest BCUT2D eigenvalue weighted by atomic mass is 32.2. The second-order valence-electron chi connectivity index (χ2n) is 6.22. The van der Waals surface area contributed by atoms with E-state index >= 15 is 0 Å². The molecule has 0 bridgehead atoms. The van der Waals surface area contributed by atoms with Crippen molar-refractivity contribution in [3.63, 3.8) is 0 Å². The van der Waals surface area contributed by atoms with Crippen LogP contribution in [0.5, 0.6) is 5.75 Å². The molecule has 2 N–H and O–H groups in total. The topological polar surface area (TPSA) is 79.9 Å². The van der Waals surface area contributed by atoms with Crippen LogP contribution in [0.15, 0.2) is 53.7 Å². The van der Waals surface area contributed by atoms with Crippen molar-refractivity contribution in [2.75, 3.05) is 19.4 Å². The first-order chi connectivity index (χ1) is 13.7. The smallest absolute Gasteiger partial charge is 0.230 e. The molecular formula is C21H24N4O2S. The number of aryl methyl sites for hydroxylation is 1. The molecule has 1 heterocycles. The molecule has 146 valence electrons. The summed E-state index contributed by atoms with van der Waals surface area (Å²) in [5.74, 6) is 1.78. The Kier molecular flexibility index (Phi) is 7.08. The fourth-order valence-electron chi connectivity index (χ4n) is 2.77. The standard InChI is InChI=1S/C21H24N4O2S/c1-3-15-8-10-17(11-9-15)20-23-21(25-24-20)28-14-19(26)22-13-12-16-6-4-5-7-18(16)27-2/h4-11H,3,12-14H2,1-2H3,(H,22,26)(H,23,24,25). The molecule has 0 unspecified atom stereocenters. The molecule has 0 aliphatic carbocycles. The van der Waals surface area contributed by atoms with Crippen LogP contribution in [0, 0.1) is 0 Å². The zero-order valence-corrected chi connectivity index (χ0v) is 16.9. The van der Waals surface area contributed by atoms with Crippen LogP contribution in [-0.2, 0) is 17.6 Å². The lowest BCUT2D eigenvalue weighted by molar-refractivity contribution is -0.118. The normalized spacial score (nSPS) is 10.6. The molecule has 0 saturated heterocycles. The lowest BCUT2D eigenvalue weighted by Crippen LogP contribution is -2.27. The molecule has 0 atom stereocenters. The number of amides is 1. The number of thioether (sulfide) groups is 1. The van der Waals surface area contributed by atoms with Crippen LogP contribution in [0.1, 0.15) is 18.1 Å². The van der Waals surface area contributed by atoms with Crippen molar-refractivity contribution in [1.29, 1.82) is 0 Å². The van der Waals surface area contributed by atoms with E-state index in [9.17, 15) is 4.79 Å². The Morgan fingerprint density at radius 3 is 2.71 bits per heavy atom. The second kappa shape index (κ2) is 9.94. The molecule has 0 aliphatic heterocycles. The predicted octanol–water partition coefficient (Wildman–Crippen LogP) is 3.49. The quantitative estimate of drug-likeness (QED) is 0.541. The summed E-state index contributed by atoms with van der Waals surface area (Å²) in [6.45, 7) is 2.68. The van der Waals surface area contributed by atoms with Crippen molar-refractivity contribution in [2.45, 2.75) is 24.9 Å². The number of hydrogen-bond acceptors (Lipinski definition) is 5. The lowest BCUT2D eigenvalue weighted by atomic mass is 10.1. The molecule has 0 saturated carbocycles. The maximum absolute atomic E-state index is 12.1. The van der Waals surface area contributed by atoms with Gasteiger partial charge in [0.05, 0.1) is 12.9 Å². The summed E-state index contributed by atoms with van der Waals surface area (Å²) >= 11 is 1.32. The van der Waals surface area contributed by atoms with Gasteiger partial charge in [0.1, 0.15) is 5.75 Å². The lowest BCUT2D eigenvalue weighted by Gasteiger charge is -2.08. The fourth-order valence-corrected chi connectivity index (χ4v) is 3.39. The summed E-state index contributed by atoms with van der Waals surface area (Å²) < 4.78 is 5.32. The number of aromatic nitrogens is 3. The summed E-state index contributed by atoms with van der Waals surface area (Å²) in [4.78, 5) is 16.5. The van der Waals surface area contributed by atoms with E-state index in [4.69, 9.17) is 4.74 Å². The number of benzene rings is 2. The highest BCUT2D eigenvalue weighted by Gasteiger charge is 2.09. The van der Waals surface area contributed by atoms with Crippen LogP contribution in [-0.4, -0.2) is 40.5 Å². The molecule has 3 rings (SSSR count). The minimum Gasteiger partial charge on any atom is -0.496 e. The van der Waals surface area contributed by atoms with Gasteiger partial charge in [-0.2, -0.15) is 0 Å². The number of rotatable bonds is 9. The predicted molar refractivity (Wildman–Crippen MR) is 112 cm³/mol. The summed E-state index contributed by atoms with van der Waals surface area (Å²) in [7, 11) is 1.65. The zero-order valence-electron chi connectivity index (χ0n) is 16.1. The van der Waals surface area contributed by atoms with Gasteiger partial charge in [-0.05, 0) is 30.0 Å². The van der Waals surface area contributed by atoms with Crippen LogP contribution < -0.4 is 10.1 Å². The summed E-state index contributed by atoms with van der Waals surface area (Å²) in [6, 6.07) is 16.0. The molecule has 1 aromatic heterocycles. The minimum absolute atomic E-state index is 0.0430. The van der Waals surface area contributed by atoms with Crippen molar-refractivity contribution in [3.8, 4) is 17.1 Å². The van der Waals surface area contributed by atoms with Gasteiger partial charge in [0.15, 0.2) is 5.82 Å². The third-order valence-corrected chi connectivity index (χ3v) is 5.19. The molecule has 2 aromatic carbocycles. The van der Waals surface area contributed by atoms with E-state index in [1.807, 2.05) is 36.4 Å². The maximum Gasteiger partial charge on any atom is 0.230 e. The third kappa shape index (κ3) is 5.36. The van der Waals surface area contributed by atoms with E-state index in [-0.39, 0.29) is 11.7 Å². The molecule has 0 radical (unpaired) electrons. The molecule has 1 amide bonds. The van der Waals surface area contributed by atoms with Crippen LogP contribution >= 0.6 is 11.8 Å². The first-order valence-corrected chi connectivity index (χ1v) is 10.2. The fraction of sp³-hybridized carbons (Fsp3) is 0.286. The van der Waals surface area contributed by atoms with Crippen molar-refractivity contribution in [1.82, 2.24) is 20.5 Å². The number of aromatic amines is 1. The Bertz CT molecular complexity index is 909. The van der Waals surface area contributed by atoms with Crippen LogP contribution in [0.4, 0.5) is 0 Å². The molecule has 7 heteroatoms. The van der Waals surface area contributed by atoms with Gasteiger partial charge < -0.3 is 10.1 Å². The average molecular weight is 397 g/mol. The number of H-pyrrole nitrogens is 1. The Hall–Kier alpha value is -2.80. The van der Waals surface area contributed by atoms with Gasteiger partial charge in [0, 0.05) is 12.1 Å². The molecule has 28 heavy (non-hydrogen) atoms. The Morgan fingerprint density at radius 2 is 1.96 bits per heavy atom. The Morgan fingerprint density at radius 1 is 1.18 bits per heavy atom. The molecule has 0 fully saturated rings. The number of methoxy groups -OCH3 is 1. The SMILES string of the molecule is CCc1ccc(-c2nc(SCC(=O)NCCc3ccccc3OC)n[nH]2)cc1. The highest BCUT2D eigenvalue weighted by molar-refractivity contribution is 7.99. The summed E-state index contributed by atoms with van der Waals surface area (Å²) in [5, 5.41) is 10.6. The number of hydrogen-bond donors (Lipinski definition) is 2. The zero-order chi connectivity index (χ0) is 19.8. The third-order valence-electron chi connectivity index (χ3n) is 4.34. The first kappa shape index (κ1) is 19.9. The van der Waals surface area contributed by atoms with E-state index in [1.165, 1.54) is 17.3 Å². The van der Waals surface area contributed by atoms with E-state index in [0.717, 1.165) is 29.7 Å². The molecule has 3 aromatic rings. The summed E-state index contributed by atoms with van der Waals surface area (Å²) in [6.07, 6.45) is 1.73. The number of para-hydroxylation sites is 1. The highest BCUT2D eigenvalue weighted by Crippen LogP contribution is 2.20. The average Bonchev–Trinajstić information content (AvgIpc) is 3.22. The van der Waals surface area contributed by atoms with Gasteiger partial charge in [0.25, 0.3) is 0 Å². The first-order valence-electron chi connectivity index (χ1n) is 9.22. The Labute approximate surface area is 169 Å². The van der Waals surface area contributed by atoms with Gasteiger partial charge in [-0.3, -0.25) is 9.89 Å².